The summed E-state index contributed by atoms with van der Waals surface area (Å²) in [6.45, 7) is 3.21. The second-order valence-corrected chi connectivity index (χ2v) is 4.55. The lowest BCUT2D eigenvalue weighted by Crippen LogP contribution is -2.11. The number of benzene rings is 1. The van der Waals surface area contributed by atoms with Gasteiger partial charge in [-0.2, -0.15) is 0 Å². The van der Waals surface area contributed by atoms with Gasteiger partial charge in [0.15, 0.2) is 0 Å². The third-order valence-electron chi connectivity index (χ3n) is 3.18. The quantitative estimate of drug-likeness (QED) is 0.689. The van der Waals surface area contributed by atoms with Crippen molar-refractivity contribution in [2.24, 2.45) is 10.9 Å². The highest BCUT2D eigenvalue weighted by Gasteiger charge is 2.12. The Labute approximate surface area is 92.2 Å². The van der Waals surface area contributed by atoms with Crippen LogP contribution in [-0.4, -0.2) is 5.71 Å². The lowest BCUT2D eigenvalue weighted by molar-refractivity contribution is 0.482. The van der Waals surface area contributed by atoms with Crippen LogP contribution in [0.1, 0.15) is 38.2 Å². The van der Waals surface area contributed by atoms with Crippen molar-refractivity contribution in [2.75, 3.05) is 0 Å². The molecule has 1 fully saturated rings. The molecule has 0 amide bonds. The van der Waals surface area contributed by atoms with Crippen molar-refractivity contribution in [3.05, 3.63) is 35.9 Å². The molecule has 0 radical (unpaired) electrons. The highest BCUT2D eigenvalue weighted by atomic mass is 14.7. The maximum atomic E-state index is 4.70. The minimum atomic E-state index is 0.866. The minimum Gasteiger partial charge on any atom is -0.289 e. The Morgan fingerprint density at radius 3 is 2.47 bits per heavy atom. The first-order valence-corrected chi connectivity index (χ1v) is 5.91. The SMILES string of the molecule is CC1CCC(=NCc2ccccc2)CC1. The zero-order valence-electron chi connectivity index (χ0n) is 9.45. The molecule has 2 rings (SSSR count). The fraction of sp³-hybridized carbons (Fsp3) is 0.500. The summed E-state index contributed by atoms with van der Waals surface area (Å²) in [5, 5.41) is 0. The van der Waals surface area contributed by atoms with E-state index in [1.807, 2.05) is 0 Å². The van der Waals surface area contributed by atoms with Crippen molar-refractivity contribution in [3.8, 4) is 0 Å². The van der Waals surface area contributed by atoms with Crippen molar-refractivity contribution in [3.63, 3.8) is 0 Å². The summed E-state index contributed by atoms with van der Waals surface area (Å²) in [4.78, 5) is 4.70. The monoisotopic (exact) mass is 201 g/mol. The second-order valence-electron chi connectivity index (χ2n) is 4.55. The third kappa shape index (κ3) is 3.19. The van der Waals surface area contributed by atoms with Crippen LogP contribution in [0.3, 0.4) is 0 Å². The fourth-order valence-corrected chi connectivity index (χ4v) is 2.04. The average molecular weight is 201 g/mol. The molecule has 0 N–H and O–H groups in total. The van der Waals surface area contributed by atoms with E-state index in [4.69, 9.17) is 4.99 Å². The first kappa shape index (κ1) is 10.4. The number of aliphatic imine (C=N–C) groups is 1. The molecule has 15 heavy (non-hydrogen) atoms. The second kappa shape index (κ2) is 5.11. The molecule has 0 aromatic heterocycles. The first-order valence-electron chi connectivity index (χ1n) is 5.91. The van der Waals surface area contributed by atoms with Gasteiger partial charge < -0.3 is 0 Å². The highest BCUT2D eigenvalue weighted by Crippen LogP contribution is 2.21. The van der Waals surface area contributed by atoms with Crippen LogP contribution in [-0.2, 0) is 6.54 Å². The molecule has 80 valence electrons. The third-order valence-corrected chi connectivity index (χ3v) is 3.18. The van der Waals surface area contributed by atoms with Crippen molar-refractivity contribution < 1.29 is 0 Å². The molecule has 0 bridgehead atoms. The van der Waals surface area contributed by atoms with Gasteiger partial charge in [-0.1, -0.05) is 37.3 Å². The number of nitrogens with zero attached hydrogens (tertiary/aromatic N) is 1. The molecule has 1 aromatic carbocycles. The van der Waals surface area contributed by atoms with Crippen molar-refractivity contribution in [1.29, 1.82) is 0 Å². The molecule has 0 heterocycles. The number of rotatable bonds is 2. The molecule has 1 heteroatoms. The minimum absolute atomic E-state index is 0.866. The topological polar surface area (TPSA) is 12.4 Å². The smallest absolute Gasteiger partial charge is 0.0639 e. The van der Waals surface area contributed by atoms with Crippen LogP contribution in [0.4, 0.5) is 0 Å². The Morgan fingerprint density at radius 1 is 1.13 bits per heavy atom. The molecule has 1 nitrogen and oxygen atoms in total. The summed E-state index contributed by atoms with van der Waals surface area (Å²) in [6.07, 6.45) is 5.09. The van der Waals surface area contributed by atoms with Gasteiger partial charge in [0.25, 0.3) is 0 Å². The van der Waals surface area contributed by atoms with Gasteiger partial charge in [-0.3, -0.25) is 4.99 Å². The molecule has 0 saturated heterocycles. The Morgan fingerprint density at radius 2 is 1.80 bits per heavy atom. The summed E-state index contributed by atoms with van der Waals surface area (Å²) < 4.78 is 0. The van der Waals surface area contributed by atoms with Gasteiger partial charge in [0.05, 0.1) is 6.54 Å². The van der Waals surface area contributed by atoms with Crippen molar-refractivity contribution in [2.45, 2.75) is 39.2 Å². The largest absolute Gasteiger partial charge is 0.289 e. The van der Waals surface area contributed by atoms with E-state index in [0.29, 0.717) is 0 Å². The summed E-state index contributed by atoms with van der Waals surface area (Å²) >= 11 is 0. The van der Waals surface area contributed by atoms with Crippen molar-refractivity contribution >= 4 is 5.71 Å². The molecule has 1 saturated carbocycles. The van der Waals surface area contributed by atoms with Gasteiger partial charge in [-0.15, -0.1) is 0 Å². The van der Waals surface area contributed by atoms with Crippen LogP contribution in [0.15, 0.2) is 35.3 Å². The standard InChI is InChI=1S/C14H19N/c1-12-7-9-14(10-8-12)15-11-13-5-3-2-4-6-13/h2-6,12H,7-11H2,1H3. The predicted molar refractivity (Wildman–Crippen MR) is 65.2 cm³/mol. The van der Waals surface area contributed by atoms with Crippen LogP contribution in [0, 0.1) is 5.92 Å². The average Bonchev–Trinajstić information content (AvgIpc) is 2.30. The Hall–Kier alpha value is -1.11. The molecular formula is C14H19N. The highest BCUT2D eigenvalue weighted by molar-refractivity contribution is 5.85. The Bertz CT molecular complexity index is 316. The summed E-state index contributed by atoms with van der Waals surface area (Å²) in [5.41, 5.74) is 2.75. The number of hydrogen-bond donors (Lipinski definition) is 0. The fourth-order valence-electron chi connectivity index (χ4n) is 2.04. The molecule has 0 spiro atoms. The van der Waals surface area contributed by atoms with E-state index in [-0.39, 0.29) is 0 Å². The molecule has 1 aliphatic carbocycles. The van der Waals surface area contributed by atoms with Gasteiger partial charge in [0.2, 0.25) is 0 Å². The molecule has 0 unspecified atom stereocenters. The van der Waals surface area contributed by atoms with Gasteiger partial charge in [0.1, 0.15) is 0 Å². The van der Waals surface area contributed by atoms with Crippen LogP contribution in [0.25, 0.3) is 0 Å². The lowest BCUT2D eigenvalue weighted by atomic mass is 9.89. The van der Waals surface area contributed by atoms with Crippen LogP contribution in [0.5, 0.6) is 0 Å². The summed E-state index contributed by atoms with van der Waals surface area (Å²) in [6, 6.07) is 10.5. The van der Waals surface area contributed by atoms with Gasteiger partial charge in [-0.25, -0.2) is 0 Å². The zero-order valence-corrected chi connectivity index (χ0v) is 9.45. The maximum absolute atomic E-state index is 4.70. The van der Waals surface area contributed by atoms with Crippen molar-refractivity contribution in [1.82, 2.24) is 0 Å². The molecular weight excluding hydrogens is 182 g/mol. The molecule has 1 aliphatic rings. The molecule has 1 aromatic rings. The van der Waals surface area contributed by atoms with Crippen LogP contribution >= 0.6 is 0 Å². The Kier molecular flexibility index (Phi) is 3.54. The van der Waals surface area contributed by atoms with E-state index in [9.17, 15) is 0 Å². The van der Waals surface area contributed by atoms with Crippen LogP contribution < -0.4 is 0 Å². The van der Waals surface area contributed by atoms with Gasteiger partial charge in [-0.05, 0) is 37.2 Å². The van der Waals surface area contributed by atoms with E-state index >= 15 is 0 Å². The van der Waals surface area contributed by atoms with E-state index in [0.717, 1.165) is 12.5 Å². The maximum Gasteiger partial charge on any atom is 0.0639 e. The summed E-state index contributed by atoms with van der Waals surface area (Å²) in [7, 11) is 0. The van der Waals surface area contributed by atoms with Gasteiger partial charge >= 0.3 is 0 Å². The first-order chi connectivity index (χ1) is 7.34. The molecule has 0 aliphatic heterocycles. The lowest BCUT2D eigenvalue weighted by Gasteiger charge is -2.19. The molecule has 0 atom stereocenters. The zero-order chi connectivity index (χ0) is 10.5. The summed E-state index contributed by atoms with van der Waals surface area (Å²) in [5.74, 6) is 0.903. The van der Waals surface area contributed by atoms with E-state index < -0.39 is 0 Å². The normalized spacial score (nSPS) is 21.4. The van der Waals surface area contributed by atoms with Crippen LogP contribution in [0.2, 0.25) is 0 Å². The predicted octanol–water partition coefficient (Wildman–Crippen LogP) is 3.84. The van der Waals surface area contributed by atoms with Gasteiger partial charge in [0, 0.05) is 5.71 Å². The van der Waals surface area contributed by atoms with E-state index in [1.165, 1.54) is 37.0 Å². The Balaban J connectivity index is 1.89. The van der Waals surface area contributed by atoms with E-state index in [1.54, 1.807) is 0 Å². The van der Waals surface area contributed by atoms with E-state index in [2.05, 4.69) is 37.3 Å². The number of hydrogen-bond acceptors (Lipinski definition) is 1.